The summed E-state index contributed by atoms with van der Waals surface area (Å²) in [6.45, 7) is 26.6. The molecule has 0 saturated carbocycles. The molecule has 250 valence electrons. The van der Waals surface area contributed by atoms with Crippen LogP contribution in [0, 0.1) is 27.7 Å². The third-order valence-corrected chi connectivity index (χ3v) is 8.69. The van der Waals surface area contributed by atoms with Gasteiger partial charge in [0.2, 0.25) is 11.4 Å². The van der Waals surface area contributed by atoms with Crippen LogP contribution in [-0.2, 0) is 22.4 Å². The van der Waals surface area contributed by atoms with Gasteiger partial charge in [0.15, 0.2) is 0 Å². The Morgan fingerprint density at radius 2 is 0.809 bits per heavy atom. The van der Waals surface area contributed by atoms with Crippen LogP contribution in [0.15, 0.2) is 85.2 Å². The molecule has 0 aromatic heterocycles. The van der Waals surface area contributed by atoms with Crippen molar-refractivity contribution in [2.75, 3.05) is 0 Å². The summed E-state index contributed by atoms with van der Waals surface area (Å²) in [5.74, 6) is 1.84. The van der Waals surface area contributed by atoms with Crippen LogP contribution in [0.3, 0.4) is 0 Å². The van der Waals surface area contributed by atoms with Gasteiger partial charge in [-0.05, 0) is 51.4 Å². The van der Waals surface area contributed by atoms with Gasteiger partial charge in [-0.1, -0.05) is 160 Å². The molecule has 0 radical (unpaired) electrons. The van der Waals surface area contributed by atoms with E-state index in [-0.39, 0.29) is 22.4 Å². The summed E-state index contributed by atoms with van der Waals surface area (Å²) in [6.07, 6.45) is 4.32. The van der Waals surface area contributed by atoms with Gasteiger partial charge in [-0.15, -0.1) is 11.4 Å². The zero-order chi connectivity index (χ0) is 33.7. The van der Waals surface area contributed by atoms with E-state index in [1.54, 1.807) is 0 Å². The predicted octanol–water partition coefficient (Wildman–Crippen LogP) is 13.1. The topological polar surface area (TPSA) is 20.1 Å². The molecule has 1 aliphatic rings. The van der Waals surface area contributed by atoms with Gasteiger partial charge in [-0.25, -0.2) is 0 Å². The summed E-state index contributed by atoms with van der Waals surface area (Å²) in [5, 5.41) is 4.72. The molecule has 0 unspecified atom stereocenters. The molecule has 47 heavy (non-hydrogen) atoms. The first-order valence-electron chi connectivity index (χ1n) is 16.9. The van der Waals surface area contributed by atoms with Crippen molar-refractivity contribution in [3.63, 3.8) is 0 Å². The van der Waals surface area contributed by atoms with E-state index < -0.39 is 0 Å². The molecule has 4 aromatic rings. The zero-order valence-corrected chi connectivity index (χ0v) is 32.7. The first-order valence-corrected chi connectivity index (χ1v) is 16.9. The van der Waals surface area contributed by atoms with Crippen LogP contribution in [0.2, 0.25) is 0 Å². The van der Waals surface area contributed by atoms with Crippen molar-refractivity contribution in [1.82, 2.24) is 0 Å². The van der Waals surface area contributed by atoms with Crippen molar-refractivity contribution in [3.05, 3.63) is 135 Å². The second-order valence-electron chi connectivity index (χ2n) is 14.0. The van der Waals surface area contributed by atoms with Crippen molar-refractivity contribution >= 4 is 28.8 Å². The Hall–Kier alpha value is -3.46. The third-order valence-electron chi connectivity index (χ3n) is 8.69. The summed E-state index contributed by atoms with van der Waals surface area (Å²) in [7, 11) is 0. The van der Waals surface area contributed by atoms with Gasteiger partial charge in [-0.3, -0.25) is 0 Å². The molecule has 0 atom stereocenters. The van der Waals surface area contributed by atoms with Gasteiger partial charge in [0.05, 0.1) is 0 Å². The molecule has 1 aliphatic heterocycles. The smallest absolute Gasteiger partial charge is 0.657 e. The molecule has 0 bridgehead atoms. The maximum atomic E-state index is 4.72. The van der Waals surface area contributed by atoms with Crippen LogP contribution < -0.4 is 0 Å². The van der Waals surface area contributed by atoms with E-state index >= 15 is 0 Å². The number of nitrogens with zero attached hydrogens (tertiary/aromatic N) is 3. The molecule has 0 N–H and O–H groups in total. The third kappa shape index (κ3) is 9.12. The Morgan fingerprint density at radius 3 is 1.09 bits per heavy atom. The number of hydrogen-bond acceptors (Lipinski definition) is 0. The van der Waals surface area contributed by atoms with Crippen LogP contribution in [0.5, 0.6) is 0 Å². The summed E-state index contributed by atoms with van der Waals surface area (Å²) in [5.41, 5.74) is 15.2. The summed E-state index contributed by atoms with van der Waals surface area (Å²) in [4.78, 5) is 0. The monoisotopic (exact) mass is 809 g/mol. The molecule has 0 fully saturated rings. The fourth-order valence-electron chi connectivity index (χ4n) is 6.14. The zero-order valence-electron chi connectivity index (χ0n) is 30.5. The Balaban J connectivity index is 0.000000284. The van der Waals surface area contributed by atoms with Crippen molar-refractivity contribution in [2.24, 2.45) is 0 Å². The maximum absolute atomic E-state index is 4.72. The Bertz CT molecular complexity index is 1620. The number of rotatable bonds is 8. The molecule has 5 rings (SSSR count). The summed E-state index contributed by atoms with van der Waals surface area (Å²) in [6, 6.07) is 29.8. The molecule has 4 heteroatoms. The van der Waals surface area contributed by atoms with Gasteiger partial charge in [0.25, 0.3) is 12.4 Å². The van der Waals surface area contributed by atoms with Crippen molar-refractivity contribution in [1.29, 1.82) is 0 Å². The molecule has 4 aromatic carbocycles. The number of hydrogen-bond donors (Lipinski definition) is 0. The van der Waals surface area contributed by atoms with Gasteiger partial charge >= 0.3 is 28.4 Å². The molecule has 0 spiro atoms. The second kappa shape index (κ2) is 16.6. The molecular formula is C43H54AuN3+2. The molecule has 0 amide bonds. The second-order valence-corrected chi connectivity index (χ2v) is 14.0. The first-order chi connectivity index (χ1) is 21.8. The van der Waals surface area contributed by atoms with E-state index in [1.807, 2.05) is 0 Å². The minimum atomic E-state index is 0. The van der Waals surface area contributed by atoms with Crippen molar-refractivity contribution in [3.8, 4) is 0 Å². The van der Waals surface area contributed by atoms with E-state index in [2.05, 4.69) is 183 Å². The average Bonchev–Trinajstić information content (AvgIpc) is 3.49. The van der Waals surface area contributed by atoms with E-state index in [4.69, 9.17) is 5.32 Å². The van der Waals surface area contributed by atoms with E-state index in [0.29, 0.717) is 23.7 Å². The average molecular weight is 810 g/mol. The van der Waals surface area contributed by atoms with Gasteiger partial charge in [-0.2, -0.15) is 0 Å². The Labute approximate surface area is 300 Å². The molecule has 1 heterocycles. The quantitative estimate of drug-likeness (QED) is 0.125. The van der Waals surface area contributed by atoms with Crippen molar-refractivity contribution in [2.45, 2.75) is 107 Å². The minimum absolute atomic E-state index is 0. The number of aryl methyl sites for hydroxylation is 4. The molecule has 0 aliphatic carbocycles. The standard InChI is InChI=1S/C27H36N2.C16H18N.Au/c1-18(2)22-11-9-12-23(19(3)4)26(22)28-15-16-29(17-28)27-24(20(5)6)13-10-14-25(27)21(7)8;1-11-5-7-15(13(3)9-11)17-16-8-6-12(2)10-14(16)4;/h9-16,18-21H,1-8H3;5-10H,1-4H3;/q+2;-1;+1. The van der Waals surface area contributed by atoms with E-state index in [9.17, 15) is 0 Å². The predicted molar refractivity (Wildman–Crippen MR) is 198 cm³/mol. The van der Waals surface area contributed by atoms with Crippen LogP contribution in [-0.4, -0.2) is 15.2 Å². The first kappa shape index (κ1) is 38.0. The normalized spacial score (nSPS) is 12.3. The fraction of sp³-hybridized carbons (Fsp3) is 0.372. The van der Waals surface area contributed by atoms with Gasteiger partial charge in [0, 0.05) is 22.3 Å². The van der Waals surface area contributed by atoms with E-state index in [1.165, 1.54) is 55.9 Å². The number of benzene rings is 4. The number of para-hydroxylation sites is 2. The SMILES string of the molecule is CC(C)c1cccc(C(C)C)c1[N+]1=C=[N+](c2c(C(C)C)cccc2C(C)C)C=C1.Cc1ccc([N-]c2ccc(C)cc2C)c(C)c1.[Au+]. The maximum Gasteiger partial charge on any atom is 1.00 e. The summed E-state index contributed by atoms with van der Waals surface area (Å²) >= 11 is 0. The van der Waals surface area contributed by atoms with Crippen LogP contribution in [0.4, 0.5) is 22.7 Å². The fourth-order valence-corrected chi connectivity index (χ4v) is 6.14. The Kier molecular flexibility index (Phi) is 13.4. The van der Waals surface area contributed by atoms with Gasteiger partial charge < -0.3 is 5.32 Å². The van der Waals surface area contributed by atoms with Crippen LogP contribution >= 0.6 is 0 Å². The largest absolute Gasteiger partial charge is 1.00 e. The van der Waals surface area contributed by atoms with Gasteiger partial charge in [0.1, 0.15) is 0 Å². The van der Waals surface area contributed by atoms with E-state index in [0.717, 1.165) is 11.4 Å². The summed E-state index contributed by atoms with van der Waals surface area (Å²) < 4.78 is 4.40. The molecule has 0 saturated heterocycles. The van der Waals surface area contributed by atoms with Crippen molar-refractivity contribution < 1.29 is 31.5 Å². The molecular weight excluding hydrogens is 755 g/mol. The van der Waals surface area contributed by atoms with Crippen LogP contribution in [0.1, 0.15) is 124 Å². The Morgan fingerprint density at radius 1 is 0.489 bits per heavy atom. The van der Waals surface area contributed by atoms with Crippen LogP contribution in [0.25, 0.3) is 5.32 Å². The minimum Gasteiger partial charge on any atom is -0.657 e. The molecule has 3 nitrogen and oxygen atoms in total.